The van der Waals surface area contributed by atoms with Crippen molar-refractivity contribution < 1.29 is 19.0 Å². The molecular weight excluding hydrogens is 380 g/mol. The molecule has 0 saturated carbocycles. The van der Waals surface area contributed by atoms with E-state index in [4.69, 9.17) is 39.5 Å². The summed E-state index contributed by atoms with van der Waals surface area (Å²) in [5.41, 5.74) is 0.722. The Hall–Kier alpha value is -1.79. The number of benzene rings is 2. The molecule has 0 spiro atoms. The molecule has 0 N–H and O–H groups in total. The van der Waals surface area contributed by atoms with Crippen molar-refractivity contribution in [2.24, 2.45) is 0 Å². The molecule has 4 nitrogen and oxygen atoms in total. The summed E-state index contributed by atoms with van der Waals surface area (Å²) in [6.45, 7) is 6.98. The van der Waals surface area contributed by atoms with Gasteiger partial charge in [-0.1, -0.05) is 24.3 Å². The summed E-state index contributed by atoms with van der Waals surface area (Å²) in [5, 5.41) is 0. The largest absolute Gasteiger partial charge is 0.497 e. The zero-order valence-electron chi connectivity index (χ0n) is 16.2. The van der Waals surface area contributed by atoms with Crippen molar-refractivity contribution in [1.82, 2.24) is 0 Å². The van der Waals surface area contributed by atoms with Crippen molar-refractivity contribution in [3.63, 3.8) is 0 Å². The van der Waals surface area contributed by atoms with Crippen LogP contribution in [0.4, 0.5) is 0 Å². The summed E-state index contributed by atoms with van der Waals surface area (Å²) in [4.78, 5) is 12.2. The SMILES string of the molecule is COc1ccc(C(S)(S)c2ccc(OC(C)(C)C(=O)OC(C)C)cc2)cc1. The van der Waals surface area contributed by atoms with Gasteiger partial charge in [0.05, 0.1) is 13.2 Å². The fourth-order valence-electron chi connectivity index (χ4n) is 2.44. The summed E-state index contributed by atoms with van der Waals surface area (Å²) < 4.78 is 15.5. The van der Waals surface area contributed by atoms with Crippen LogP contribution >= 0.6 is 25.3 Å². The molecule has 0 atom stereocenters. The molecule has 0 bridgehead atoms. The standard InChI is InChI=1S/C21H26O4S2/c1-14(2)24-19(22)20(3,4)25-18-12-8-16(9-13-18)21(26,27)15-6-10-17(23-5)11-7-15/h6-14,26-27H,1-5H3. The number of carbonyl (C=O) groups excluding carboxylic acids is 1. The molecule has 0 unspecified atom stereocenters. The van der Waals surface area contributed by atoms with Crippen molar-refractivity contribution in [3.8, 4) is 11.5 Å². The number of carbonyl (C=O) groups is 1. The molecule has 6 heteroatoms. The van der Waals surface area contributed by atoms with Gasteiger partial charge in [-0.05, 0) is 63.1 Å². The van der Waals surface area contributed by atoms with Crippen LogP contribution in [0, 0.1) is 0 Å². The Morgan fingerprint density at radius 2 is 1.33 bits per heavy atom. The number of rotatable bonds is 7. The smallest absolute Gasteiger partial charge is 0.350 e. The molecular formula is C21H26O4S2. The molecule has 27 heavy (non-hydrogen) atoms. The normalized spacial score (nSPS) is 12.0. The maximum atomic E-state index is 12.2. The first-order valence-corrected chi connectivity index (χ1v) is 9.55. The second-order valence-electron chi connectivity index (χ2n) is 6.99. The fourth-order valence-corrected chi connectivity index (χ4v) is 3.03. The van der Waals surface area contributed by atoms with Gasteiger partial charge in [0.25, 0.3) is 0 Å². The Morgan fingerprint density at radius 1 is 0.889 bits per heavy atom. The molecule has 0 heterocycles. The van der Waals surface area contributed by atoms with Crippen LogP contribution in [0.5, 0.6) is 11.5 Å². The molecule has 0 aliphatic heterocycles. The van der Waals surface area contributed by atoms with Gasteiger partial charge in [0, 0.05) is 0 Å². The van der Waals surface area contributed by atoms with E-state index in [1.165, 1.54) is 0 Å². The number of thiol groups is 2. The van der Waals surface area contributed by atoms with Gasteiger partial charge < -0.3 is 14.2 Å². The van der Waals surface area contributed by atoms with Gasteiger partial charge in [0.2, 0.25) is 0 Å². The molecule has 0 aliphatic rings. The van der Waals surface area contributed by atoms with Crippen LogP contribution in [0.3, 0.4) is 0 Å². The van der Waals surface area contributed by atoms with Gasteiger partial charge in [0.1, 0.15) is 15.6 Å². The van der Waals surface area contributed by atoms with Crippen molar-refractivity contribution in [2.45, 2.75) is 43.5 Å². The zero-order valence-corrected chi connectivity index (χ0v) is 18.0. The minimum atomic E-state index is -1.08. The minimum absolute atomic E-state index is 0.193. The van der Waals surface area contributed by atoms with E-state index in [9.17, 15) is 4.79 Å². The molecule has 2 aromatic rings. The molecule has 0 aromatic heterocycles. The lowest BCUT2D eigenvalue weighted by atomic mass is 10.0. The van der Waals surface area contributed by atoms with Gasteiger partial charge in [-0.25, -0.2) is 4.79 Å². The summed E-state index contributed by atoms with van der Waals surface area (Å²) in [5.74, 6) is 0.935. The monoisotopic (exact) mass is 406 g/mol. The van der Waals surface area contributed by atoms with E-state index in [1.807, 2.05) is 36.4 Å². The molecule has 0 amide bonds. The average Bonchev–Trinajstić information content (AvgIpc) is 2.61. The molecule has 0 aliphatic carbocycles. The Labute approximate surface area is 172 Å². The van der Waals surface area contributed by atoms with E-state index in [1.54, 1.807) is 46.9 Å². The zero-order chi connectivity index (χ0) is 20.2. The van der Waals surface area contributed by atoms with Gasteiger partial charge in [-0.2, -0.15) is 25.3 Å². The highest BCUT2D eigenvalue weighted by Crippen LogP contribution is 2.41. The van der Waals surface area contributed by atoms with Crippen LogP contribution < -0.4 is 9.47 Å². The predicted octanol–water partition coefficient (Wildman–Crippen LogP) is 4.86. The summed E-state index contributed by atoms with van der Waals surface area (Å²) in [7, 11) is 1.63. The number of ether oxygens (including phenoxy) is 3. The maximum absolute atomic E-state index is 12.2. The fraction of sp³-hybridized carbons (Fsp3) is 0.381. The number of methoxy groups -OCH3 is 1. The van der Waals surface area contributed by atoms with Crippen LogP contribution in [0.15, 0.2) is 48.5 Å². The highest BCUT2D eigenvalue weighted by atomic mass is 32.2. The first kappa shape index (κ1) is 21.5. The van der Waals surface area contributed by atoms with Crippen molar-refractivity contribution in [2.75, 3.05) is 7.11 Å². The number of esters is 1. The van der Waals surface area contributed by atoms with Crippen LogP contribution in [0.2, 0.25) is 0 Å². The summed E-state index contributed by atoms with van der Waals surface area (Å²) in [6.07, 6.45) is -0.193. The van der Waals surface area contributed by atoms with Crippen LogP contribution in [0.1, 0.15) is 38.8 Å². The lowest BCUT2D eigenvalue weighted by Gasteiger charge is -2.27. The van der Waals surface area contributed by atoms with Gasteiger partial charge in [-0.15, -0.1) is 0 Å². The first-order valence-electron chi connectivity index (χ1n) is 8.66. The van der Waals surface area contributed by atoms with Crippen LogP contribution in [-0.2, 0) is 13.6 Å². The van der Waals surface area contributed by atoms with Gasteiger partial charge in [0.15, 0.2) is 5.60 Å². The third-order valence-corrected chi connectivity index (χ3v) is 4.99. The third kappa shape index (κ3) is 5.36. The Morgan fingerprint density at radius 3 is 1.74 bits per heavy atom. The maximum Gasteiger partial charge on any atom is 0.350 e. The Balaban J connectivity index is 2.17. The quantitative estimate of drug-likeness (QED) is 0.391. The van der Waals surface area contributed by atoms with E-state index in [0.29, 0.717) is 5.75 Å². The number of hydrogen-bond donors (Lipinski definition) is 2. The van der Waals surface area contributed by atoms with Crippen molar-refractivity contribution >= 4 is 31.2 Å². The number of hydrogen-bond acceptors (Lipinski definition) is 6. The topological polar surface area (TPSA) is 44.8 Å². The van der Waals surface area contributed by atoms with E-state index in [0.717, 1.165) is 16.9 Å². The second kappa shape index (κ2) is 8.48. The van der Waals surface area contributed by atoms with E-state index in [-0.39, 0.29) is 6.10 Å². The second-order valence-corrected chi connectivity index (χ2v) is 8.69. The van der Waals surface area contributed by atoms with Crippen molar-refractivity contribution in [1.29, 1.82) is 0 Å². The molecule has 0 fully saturated rings. The minimum Gasteiger partial charge on any atom is -0.497 e. The molecule has 0 radical (unpaired) electrons. The van der Waals surface area contributed by atoms with E-state index >= 15 is 0 Å². The van der Waals surface area contributed by atoms with E-state index in [2.05, 4.69) is 0 Å². The molecule has 2 rings (SSSR count). The highest BCUT2D eigenvalue weighted by molar-refractivity contribution is 8.00. The molecule has 146 valence electrons. The average molecular weight is 407 g/mol. The molecule has 2 aromatic carbocycles. The van der Waals surface area contributed by atoms with Gasteiger partial charge >= 0.3 is 5.97 Å². The summed E-state index contributed by atoms with van der Waals surface area (Å²) in [6, 6.07) is 14.9. The van der Waals surface area contributed by atoms with E-state index < -0.39 is 15.6 Å². The van der Waals surface area contributed by atoms with Crippen LogP contribution in [0.25, 0.3) is 0 Å². The van der Waals surface area contributed by atoms with Gasteiger partial charge in [-0.3, -0.25) is 0 Å². The summed E-state index contributed by atoms with van der Waals surface area (Å²) >= 11 is 9.46. The Kier molecular flexibility index (Phi) is 6.76. The Bertz CT molecular complexity index is 766. The lowest BCUT2D eigenvalue weighted by Crippen LogP contribution is -2.40. The first-order chi connectivity index (χ1) is 12.6. The van der Waals surface area contributed by atoms with Crippen LogP contribution in [-0.4, -0.2) is 24.8 Å². The lowest BCUT2D eigenvalue weighted by molar-refractivity contribution is -0.163. The van der Waals surface area contributed by atoms with Crippen molar-refractivity contribution in [3.05, 3.63) is 59.7 Å². The predicted molar refractivity (Wildman–Crippen MR) is 114 cm³/mol. The highest BCUT2D eigenvalue weighted by Gasteiger charge is 2.33. The molecule has 0 saturated heterocycles. The third-order valence-electron chi connectivity index (χ3n) is 3.96.